The van der Waals surface area contributed by atoms with Crippen molar-refractivity contribution in [1.82, 2.24) is 0 Å². The van der Waals surface area contributed by atoms with E-state index in [4.69, 9.17) is 5.11 Å². The van der Waals surface area contributed by atoms with Gasteiger partial charge in [0.1, 0.15) is 0 Å². The van der Waals surface area contributed by atoms with Gasteiger partial charge in [0, 0.05) is 5.69 Å². The highest BCUT2D eigenvalue weighted by Crippen LogP contribution is 2.52. The minimum absolute atomic E-state index is 0.0898. The average Bonchev–Trinajstić information content (AvgIpc) is 3.04. The van der Waals surface area contributed by atoms with Crippen LogP contribution in [0.15, 0.2) is 42.5 Å². The lowest BCUT2D eigenvalue weighted by Crippen LogP contribution is -2.28. The summed E-state index contributed by atoms with van der Waals surface area (Å²) in [5.74, 6) is 0.494. The standard InChI is InChI=1S/C21H23NO2/c1-13-5-10-19-18(11-13)16-3-2-4-17(16)21(22-19)15-8-6-14(7-9-15)12-20(23)24/h5-11,16-17,21-22H,2-4,12H2,1H3,(H,23,24)/t16-,17+,21+/m1/s1. The Labute approximate surface area is 142 Å². The fourth-order valence-corrected chi connectivity index (χ4v) is 4.52. The number of aryl methyl sites for hydroxylation is 1. The summed E-state index contributed by atoms with van der Waals surface area (Å²) in [6.07, 6.45) is 3.91. The van der Waals surface area contributed by atoms with Gasteiger partial charge in [-0.05, 0) is 54.4 Å². The van der Waals surface area contributed by atoms with Crippen molar-refractivity contribution in [2.45, 2.75) is 44.6 Å². The Morgan fingerprint density at radius 3 is 2.71 bits per heavy atom. The zero-order chi connectivity index (χ0) is 16.7. The van der Waals surface area contributed by atoms with E-state index in [-0.39, 0.29) is 6.42 Å². The number of anilines is 1. The second kappa shape index (κ2) is 5.97. The Morgan fingerprint density at radius 1 is 1.17 bits per heavy atom. The van der Waals surface area contributed by atoms with Crippen LogP contribution in [-0.4, -0.2) is 11.1 Å². The van der Waals surface area contributed by atoms with Gasteiger partial charge in [-0.1, -0.05) is 48.4 Å². The molecule has 2 aliphatic rings. The van der Waals surface area contributed by atoms with Crippen molar-refractivity contribution < 1.29 is 9.90 Å². The topological polar surface area (TPSA) is 49.3 Å². The average molecular weight is 321 g/mol. The molecule has 0 spiro atoms. The van der Waals surface area contributed by atoms with Crippen LogP contribution in [0.3, 0.4) is 0 Å². The monoisotopic (exact) mass is 321 g/mol. The Bertz CT molecular complexity index is 766. The van der Waals surface area contributed by atoms with Gasteiger partial charge in [-0.15, -0.1) is 0 Å². The van der Waals surface area contributed by atoms with Gasteiger partial charge in [0.2, 0.25) is 0 Å². The molecule has 3 heteroatoms. The number of carbonyl (C=O) groups is 1. The summed E-state index contributed by atoms with van der Waals surface area (Å²) in [6, 6.07) is 15.2. The second-order valence-electron chi connectivity index (χ2n) is 7.23. The summed E-state index contributed by atoms with van der Waals surface area (Å²) >= 11 is 0. The lowest BCUT2D eigenvalue weighted by atomic mass is 9.77. The van der Waals surface area contributed by atoms with E-state index in [1.807, 2.05) is 12.1 Å². The van der Waals surface area contributed by atoms with Crippen molar-refractivity contribution in [3.63, 3.8) is 0 Å². The molecule has 4 rings (SSSR count). The van der Waals surface area contributed by atoms with Gasteiger partial charge >= 0.3 is 5.97 Å². The maximum Gasteiger partial charge on any atom is 0.307 e. The van der Waals surface area contributed by atoms with Crippen LogP contribution in [0, 0.1) is 12.8 Å². The minimum atomic E-state index is -0.779. The summed E-state index contributed by atoms with van der Waals surface area (Å²) in [6.45, 7) is 2.16. The summed E-state index contributed by atoms with van der Waals surface area (Å²) in [5, 5.41) is 12.7. The first-order valence-electron chi connectivity index (χ1n) is 8.79. The Hall–Kier alpha value is -2.29. The number of hydrogen-bond acceptors (Lipinski definition) is 2. The van der Waals surface area contributed by atoms with Crippen LogP contribution in [0.2, 0.25) is 0 Å². The maximum atomic E-state index is 10.9. The highest BCUT2D eigenvalue weighted by atomic mass is 16.4. The van der Waals surface area contributed by atoms with Gasteiger partial charge in [-0.3, -0.25) is 4.79 Å². The number of carboxylic acid groups (broad SMARTS) is 1. The summed E-state index contributed by atoms with van der Waals surface area (Å²) in [5.41, 5.74) is 6.21. The van der Waals surface area contributed by atoms with Gasteiger partial charge < -0.3 is 10.4 Å². The summed E-state index contributed by atoms with van der Waals surface area (Å²) in [7, 11) is 0. The number of fused-ring (bicyclic) bond motifs is 3. The number of nitrogens with one attached hydrogen (secondary N) is 1. The van der Waals surface area contributed by atoms with Crippen LogP contribution in [0.5, 0.6) is 0 Å². The molecule has 2 N–H and O–H groups in total. The largest absolute Gasteiger partial charge is 0.481 e. The van der Waals surface area contributed by atoms with Crippen molar-refractivity contribution >= 4 is 11.7 Å². The van der Waals surface area contributed by atoms with Gasteiger partial charge in [-0.2, -0.15) is 0 Å². The highest BCUT2D eigenvalue weighted by Gasteiger charge is 2.40. The van der Waals surface area contributed by atoms with E-state index >= 15 is 0 Å². The van der Waals surface area contributed by atoms with Crippen LogP contribution >= 0.6 is 0 Å². The van der Waals surface area contributed by atoms with E-state index < -0.39 is 5.97 Å². The Morgan fingerprint density at radius 2 is 1.96 bits per heavy atom. The zero-order valence-electron chi connectivity index (χ0n) is 14.0. The first-order valence-corrected chi connectivity index (χ1v) is 8.79. The number of carboxylic acids is 1. The smallest absolute Gasteiger partial charge is 0.307 e. The van der Waals surface area contributed by atoms with Crippen molar-refractivity contribution in [2.24, 2.45) is 5.92 Å². The highest BCUT2D eigenvalue weighted by molar-refractivity contribution is 5.70. The summed E-state index contributed by atoms with van der Waals surface area (Å²) in [4.78, 5) is 10.9. The molecule has 0 radical (unpaired) electrons. The molecule has 3 nitrogen and oxygen atoms in total. The normalized spacial score (nSPS) is 24.8. The molecule has 24 heavy (non-hydrogen) atoms. The fourth-order valence-electron chi connectivity index (χ4n) is 4.52. The predicted molar refractivity (Wildman–Crippen MR) is 95.4 cm³/mol. The number of aliphatic carboxylic acids is 1. The molecule has 0 unspecified atom stereocenters. The molecule has 1 aliphatic heterocycles. The molecular weight excluding hydrogens is 298 g/mol. The molecule has 2 aromatic carbocycles. The van der Waals surface area contributed by atoms with E-state index in [1.54, 1.807) is 0 Å². The minimum Gasteiger partial charge on any atom is -0.481 e. The molecule has 0 aromatic heterocycles. The van der Waals surface area contributed by atoms with E-state index in [0.717, 1.165) is 5.56 Å². The van der Waals surface area contributed by atoms with E-state index in [0.29, 0.717) is 17.9 Å². The third kappa shape index (κ3) is 2.68. The maximum absolute atomic E-state index is 10.9. The first kappa shape index (κ1) is 15.3. The van der Waals surface area contributed by atoms with Crippen molar-refractivity contribution in [3.05, 3.63) is 64.7 Å². The third-order valence-electron chi connectivity index (χ3n) is 5.61. The molecule has 1 saturated carbocycles. The Kier molecular flexibility index (Phi) is 3.79. The molecule has 0 saturated heterocycles. The van der Waals surface area contributed by atoms with Gasteiger partial charge in [0.25, 0.3) is 0 Å². The fraction of sp³-hybridized carbons (Fsp3) is 0.381. The quantitative estimate of drug-likeness (QED) is 0.863. The van der Waals surface area contributed by atoms with Crippen LogP contribution < -0.4 is 5.32 Å². The molecular formula is C21H23NO2. The van der Waals surface area contributed by atoms with Crippen LogP contribution in [-0.2, 0) is 11.2 Å². The zero-order valence-corrected chi connectivity index (χ0v) is 14.0. The lowest BCUT2D eigenvalue weighted by molar-refractivity contribution is -0.136. The predicted octanol–water partition coefficient (Wildman–Crippen LogP) is 4.67. The van der Waals surface area contributed by atoms with Crippen molar-refractivity contribution in [1.29, 1.82) is 0 Å². The van der Waals surface area contributed by atoms with Crippen LogP contribution in [0.25, 0.3) is 0 Å². The number of hydrogen-bond donors (Lipinski definition) is 2. The molecule has 0 bridgehead atoms. The number of rotatable bonds is 3. The summed E-state index contributed by atoms with van der Waals surface area (Å²) < 4.78 is 0. The third-order valence-corrected chi connectivity index (χ3v) is 5.61. The molecule has 2 aromatic rings. The SMILES string of the molecule is Cc1ccc2c(c1)[C@@H]1CCC[C@@H]1[C@H](c1ccc(CC(=O)O)cc1)N2. The van der Waals surface area contributed by atoms with Gasteiger partial charge in [-0.25, -0.2) is 0 Å². The first-order chi connectivity index (χ1) is 11.6. The number of benzene rings is 2. The molecule has 1 heterocycles. The van der Waals surface area contributed by atoms with E-state index in [9.17, 15) is 4.79 Å². The molecule has 3 atom stereocenters. The molecule has 124 valence electrons. The van der Waals surface area contributed by atoms with Crippen LogP contribution in [0.1, 0.15) is 53.5 Å². The molecule has 0 amide bonds. The van der Waals surface area contributed by atoms with Crippen LogP contribution in [0.4, 0.5) is 5.69 Å². The second-order valence-corrected chi connectivity index (χ2v) is 7.23. The van der Waals surface area contributed by atoms with Crippen molar-refractivity contribution in [2.75, 3.05) is 5.32 Å². The van der Waals surface area contributed by atoms with E-state index in [1.165, 1.54) is 41.6 Å². The van der Waals surface area contributed by atoms with Gasteiger partial charge in [0.05, 0.1) is 12.5 Å². The molecule has 1 aliphatic carbocycles. The lowest BCUT2D eigenvalue weighted by Gasteiger charge is -2.38. The van der Waals surface area contributed by atoms with Gasteiger partial charge in [0.15, 0.2) is 0 Å². The van der Waals surface area contributed by atoms with E-state index in [2.05, 4.69) is 42.6 Å². The molecule has 1 fully saturated rings. The van der Waals surface area contributed by atoms with Crippen molar-refractivity contribution in [3.8, 4) is 0 Å². The Balaban J connectivity index is 1.66.